The predicted octanol–water partition coefficient (Wildman–Crippen LogP) is 0.732. The van der Waals surface area contributed by atoms with Crippen molar-refractivity contribution in [1.82, 2.24) is 5.32 Å². The van der Waals surface area contributed by atoms with E-state index < -0.39 is 24.2 Å². The smallest absolute Gasteiger partial charge is 0.246 e. The van der Waals surface area contributed by atoms with Crippen molar-refractivity contribution >= 4 is 5.91 Å². The quantitative estimate of drug-likeness (QED) is 0.771. The Morgan fingerprint density at radius 1 is 1.53 bits per heavy atom. The summed E-state index contributed by atoms with van der Waals surface area (Å²) in [7, 11) is 0. The van der Waals surface area contributed by atoms with Gasteiger partial charge in [0.05, 0.1) is 6.04 Å². The fourth-order valence-corrected chi connectivity index (χ4v) is 1.68. The molecule has 0 saturated heterocycles. The number of hydrogen-bond acceptors (Lipinski definition) is 2. The van der Waals surface area contributed by atoms with Crippen LogP contribution in [0.5, 0.6) is 0 Å². The molecule has 1 aromatic rings. The topological polar surface area (TPSA) is 49.3 Å². The lowest BCUT2D eigenvalue weighted by atomic mass is 10.1. The van der Waals surface area contributed by atoms with E-state index in [2.05, 4.69) is 5.32 Å². The van der Waals surface area contributed by atoms with E-state index in [0.29, 0.717) is 5.56 Å². The SMILES string of the molecule is O=C(CO)N[C@@H]1C[C@@]1(F)c1ccccc1. The molecule has 1 aliphatic rings. The van der Waals surface area contributed by atoms with Crippen LogP contribution in [0.3, 0.4) is 0 Å². The van der Waals surface area contributed by atoms with Crippen molar-refractivity contribution in [2.24, 2.45) is 0 Å². The number of aliphatic hydroxyl groups excluding tert-OH is 1. The maximum atomic E-state index is 14.1. The van der Waals surface area contributed by atoms with Gasteiger partial charge < -0.3 is 10.4 Å². The lowest BCUT2D eigenvalue weighted by Gasteiger charge is -2.08. The third kappa shape index (κ3) is 1.85. The zero-order chi connectivity index (χ0) is 10.9. The summed E-state index contributed by atoms with van der Waals surface area (Å²) in [6, 6.07) is 8.24. The van der Waals surface area contributed by atoms with Gasteiger partial charge in [-0.05, 0) is 5.56 Å². The first kappa shape index (κ1) is 10.1. The Balaban J connectivity index is 2.04. The monoisotopic (exact) mass is 209 g/mol. The van der Waals surface area contributed by atoms with Gasteiger partial charge in [-0.1, -0.05) is 30.3 Å². The van der Waals surface area contributed by atoms with Gasteiger partial charge in [-0.3, -0.25) is 4.79 Å². The average molecular weight is 209 g/mol. The molecule has 3 nitrogen and oxygen atoms in total. The molecule has 0 spiro atoms. The lowest BCUT2D eigenvalue weighted by molar-refractivity contribution is -0.124. The van der Waals surface area contributed by atoms with Crippen LogP contribution in [-0.2, 0) is 10.5 Å². The second kappa shape index (κ2) is 3.62. The minimum absolute atomic E-state index is 0.281. The predicted molar refractivity (Wildman–Crippen MR) is 52.9 cm³/mol. The van der Waals surface area contributed by atoms with Gasteiger partial charge in [0.15, 0.2) is 5.67 Å². The lowest BCUT2D eigenvalue weighted by Crippen LogP contribution is -2.31. The van der Waals surface area contributed by atoms with E-state index in [-0.39, 0.29) is 6.42 Å². The largest absolute Gasteiger partial charge is 0.387 e. The van der Waals surface area contributed by atoms with Crippen LogP contribution >= 0.6 is 0 Å². The van der Waals surface area contributed by atoms with Gasteiger partial charge in [-0.2, -0.15) is 0 Å². The minimum Gasteiger partial charge on any atom is -0.387 e. The van der Waals surface area contributed by atoms with Crippen molar-refractivity contribution in [2.75, 3.05) is 6.61 Å². The second-order valence-corrected chi connectivity index (χ2v) is 3.71. The summed E-state index contributed by atoms with van der Waals surface area (Å²) in [4.78, 5) is 10.9. The summed E-state index contributed by atoms with van der Waals surface area (Å²) < 4.78 is 14.1. The van der Waals surface area contributed by atoms with Gasteiger partial charge in [0.25, 0.3) is 0 Å². The van der Waals surface area contributed by atoms with Crippen LogP contribution in [0.1, 0.15) is 12.0 Å². The van der Waals surface area contributed by atoms with Gasteiger partial charge in [-0.15, -0.1) is 0 Å². The Morgan fingerprint density at radius 2 is 2.20 bits per heavy atom. The molecule has 1 fully saturated rings. The number of benzene rings is 1. The Morgan fingerprint density at radius 3 is 2.80 bits per heavy atom. The zero-order valence-electron chi connectivity index (χ0n) is 8.11. The molecule has 0 aliphatic heterocycles. The molecule has 15 heavy (non-hydrogen) atoms. The molecular formula is C11H12FNO2. The number of hydrogen-bond donors (Lipinski definition) is 2. The molecule has 4 heteroatoms. The van der Waals surface area contributed by atoms with Gasteiger partial charge in [0, 0.05) is 6.42 Å². The van der Waals surface area contributed by atoms with Crippen LogP contribution in [-0.4, -0.2) is 23.7 Å². The summed E-state index contributed by atoms with van der Waals surface area (Å²) in [6.45, 7) is -0.596. The summed E-state index contributed by atoms with van der Waals surface area (Å²) >= 11 is 0. The van der Waals surface area contributed by atoms with Crippen molar-refractivity contribution < 1.29 is 14.3 Å². The van der Waals surface area contributed by atoms with E-state index in [4.69, 9.17) is 5.11 Å². The van der Waals surface area contributed by atoms with Crippen LogP contribution in [0.15, 0.2) is 30.3 Å². The molecule has 1 saturated carbocycles. The first-order valence-electron chi connectivity index (χ1n) is 4.81. The standard InChI is InChI=1S/C11H12FNO2/c12-11(8-4-2-1-3-5-8)6-9(11)13-10(15)7-14/h1-5,9,14H,6-7H2,(H,13,15)/t9-,11-/m1/s1. The molecule has 0 unspecified atom stereocenters. The first-order chi connectivity index (χ1) is 7.16. The van der Waals surface area contributed by atoms with Crippen LogP contribution in [0.4, 0.5) is 4.39 Å². The third-order valence-electron chi connectivity index (χ3n) is 2.63. The summed E-state index contributed by atoms with van der Waals surface area (Å²) in [5.41, 5.74) is -0.875. The Bertz CT molecular complexity index is 368. The van der Waals surface area contributed by atoms with Gasteiger partial charge in [-0.25, -0.2) is 4.39 Å². The molecule has 2 atom stereocenters. The highest BCUT2D eigenvalue weighted by atomic mass is 19.1. The number of nitrogens with one attached hydrogen (secondary N) is 1. The maximum absolute atomic E-state index is 14.1. The molecule has 1 aliphatic carbocycles. The van der Waals surface area contributed by atoms with Gasteiger partial charge in [0.1, 0.15) is 6.61 Å². The third-order valence-corrected chi connectivity index (χ3v) is 2.63. The highest BCUT2D eigenvalue weighted by Crippen LogP contribution is 2.49. The Labute approximate surface area is 86.9 Å². The number of alkyl halides is 1. The normalized spacial score (nSPS) is 28.5. The van der Waals surface area contributed by atoms with E-state index in [1.165, 1.54) is 0 Å². The molecule has 2 rings (SSSR count). The molecule has 1 amide bonds. The first-order valence-corrected chi connectivity index (χ1v) is 4.81. The van der Waals surface area contributed by atoms with E-state index in [1.54, 1.807) is 24.3 Å². The summed E-state index contributed by atoms with van der Waals surface area (Å²) in [5.74, 6) is -0.532. The van der Waals surface area contributed by atoms with E-state index >= 15 is 0 Å². The minimum atomic E-state index is -1.45. The number of amides is 1. The van der Waals surface area contributed by atoms with Crippen molar-refractivity contribution in [2.45, 2.75) is 18.1 Å². The molecule has 0 radical (unpaired) electrons. The maximum Gasteiger partial charge on any atom is 0.246 e. The zero-order valence-corrected chi connectivity index (χ0v) is 8.11. The summed E-state index contributed by atoms with van der Waals surface area (Å²) in [6.07, 6.45) is 0.281. The van der Waals surface area contributed by atoms with Crippen molar-refractivity contribution in [3.8, 4) is 0 Å². The van der Waals surface area contributed by atoms with Crippen molar-refractivity contribution in [3.05, 3.63) is 35.9 Å². The number of carbonyl (C=O) groups is 1. The molecule has 0 bridgehead atoms. The second-order valence-electron chi connectivity index (χ2n) is 3.71. The highest BCUT2D eigenvalue weighted by molar-refractivity contribution is 5.78. The number of rotatable bonds is 3. The van der Waals surface area contributed by atoms with Crippen LogP contribution in [0.25, 0.3) is 0 Å². The van der Waals surface area contributed by atoms with E-state index in [0.717, 1.165) is 0 Å². The average Bonchev–Trinajstić information content (AvgIpc) is 2.92. The molecule has 0 aromatic heterocycles. The van der Waals surface area contributed by atoms with Gasteiger partial charge in [0.2, 0.25) is 5.91 Å². The molecule has 2 N–H and O–H groups in total. The van der Waals surface area contributed by atoms with E-state index in [9.17, 15) is 9.18 Å². The number of aliphatic hydroxyl groups is 1. The fraction of sp³-hybridized carbons (Fsp3) is 0.364. The van der Waals surface area contributed by atoms with Crippen LogP contribution < -0.4 is 5.32 Å². The Hall–Kier alpha value is -1.42. The van der Waals surface area contributed by atoms with Crippen molar-refractivity contribution in [1.29, 1.82) is 0 Å². The summed E-state index contributed by atoms with van der Waals surface area (Å²) in [5, 5.41) is 10.9. The van der Waals surface area contributed by atoms with Crippen molar-refractivity contribution in [3.63, 3.8) is 0 Å². The van der Waals surface area contributed by atoms with Gasteiger partial charge >= 0.3 is 0 Å². The highest BCUT2D eigenvalue weighted by Gasteiger charge is 2.57. The number of carbonyl (C=O) groups excluding carboxylic acids is 1. The molecule has 1 aromatic carbocycles. The molecular weight excluding hydrogens is 197 g/mol. The van der Waals surface area contributed by atoms with E-state index in [1.807, 2.05) is 6.07 Å². The molecule has 80 valence electrons. The van der Waals surface area contributed by atoms with Crippen LogP contribution in [0, 0.1) is 0 Å². The molecule has 0 heterocycles. The fourth-order valence-electron chi connectivity index (χ4n) is 1.68. The Kier molecular flexibility index (Phi) is 2.44. The van der Waals surface area contributed by atoms with Crippen LogP contribution in [0.2, 0.25) is 0 Å². The number of halogens is 1.